The second-order valence-electron chi connectivity index (χ2n) is 4.43. The number of nitrogens with one attached hydrogen (secondary N) is 1. The fourth-order valence-corrected chi connectivity index (χ4v) is 2.27. The number of hydrogen-bond donors (Lipinski definition) is 1. The van der Waals surface area contributed by atoms with Gasteiger partial charge in [-0.2, -0.15) is 0 Å². The molecular formula is C15H17BrN2O. The zero-order valence-corrected chi connectivity index (χ0v) is 12.5. The Balaban J connectivity index is 2.01. The minimum Gasteiger partial charge on any atom is -0.382 e. The molecule has 1 aromatic heterocycles. The molecule has 0 fully saturated rings. The summed E-state index contributed by atoms with van der Waals surface area (Å²) < 4.78 is 6.47. The van der Waals surface area contributed by atoms with Crippen molar-refractivity contribution in [1.29, 1.82) is 0 Å². The summed E-state index contributed by atoms with van der Waals surface area (Å²) in [5.41, 5.74) is 3.08. The van der Waals surface area contributed by atoms with Crippen LogP contribution in [-0.2, 0) is 4.74 Å². The summed E-state index contributed by atoms with van der Waals surface area (Å²) in [7, 11) is 0. The Hall–Kier alpha value is -1.39. The van der Waals surface area contributed by atoms with E-state index in [4.69, 9.17) is 4.74 Å². The summed E-state index contributed by atoms with van der Waals surface area (Å²) in [4.78, 5) is 4.38. The molecule has 0 bridgehead atoms. The first-order valence-corrected chi connectivity index (χ1v) is 6.97. The molecular weight excluding hydrogens is 304 g/mol. The largest absolute Gasteiger partial charge is 0.382 e. The third-order valence-electron chi connectivity index (χ3n) is 2.63. The van der Waals surface area contributed by atoms with Gasteiger partial charge in [-0.15, -0.1) is 0 Å². The molecule has 0 aliphatic heterocycles. The number of rotatable bonds is 6. The van der Waals surface area contributed by atoms with Gasteiger partial charge < -0.3 is 10.1 Å². The maximum absolute atomic E-state index is 5.47. The second-order valence-corrected chi connectivity index (χ2v) is 5.29. The molecule has 4 heteroatoms. The van der Waals surface area contributed by atoms with Crippen LogP contribution in [0.2, 0.25) is 0 Å². The lowest BCUT2D eigenvalue weighted by atomic mass is 10.2. The molecule has 0 spiro atoms. The minimum absolute atomic E-state index is 0.615. The summed E-state index contributed by atoms with van der Waals surface area (Å²) in [6.07, 6.45) is 1.81. The Morgan fingerprint density at radius 1 is 1.42 bits per heavy atom. The van der Waals surface area contributed by atoms with E-state index in [2.05, 4.69) is 38.9 Å². The van der Waals surface area contributed by atoms with Crippen LogP contribution in [0.25, 0.3) is 10.9 Å². The molecule has 1 heterocycles. The van der Waals surface area contributed by atoms with E-state index < -0.39 is 0 Å². The third-order valence-corrected chi connectivity index (χ3v) is 3.27. The van der Waals surface area contributed by atoms with Gasteiger partial charge in [-0.25, -0.2) is 0 Å². The number of ether oxygens (including phenoxy) is 1. The van der Waals surface area contributed by atoms with E-state index in [9.17, 15) is 0 Å². The highest BCUT2D eigenvalue weighted by Gasteiger charge is 2.03. The predicted molar refractivity (Wildman–Crippen MR) is 83.6 cm³/mol. The van der Waals surface area contributed by atoms with Gasteiger partial charge in [0.25, 0.3) is 0 Å². The van der Waals surface area contributed by atoms with Crippen molar-refractivity contribution >= 4 is 32.5 Å². The van der Waals surface area contributed by atoms with E-state index in [0.29, 0.717) is 13.2 Å². The van der Waals surface area contributed by atoms with E-state index >= 15 is 0 Å². The maximum Gasteiger partial charge on any atom is 0.0864 e. The van der Waals surface area contributed by atoms with Gasteiger partial charge in [0.05, 0.1) is 18.7 Å². The van der Waals surface area contributed by atoms with Crippen LogP contribution in [0.1, 0.15) is 6.92 Å². The molecule has 100 valence electrons. The van der Waals surface area contributed by atoms with Crippen LogP contribution in [0.5, 0.6) is 0 Å². The van der Waals surface area contributed by atoms with Gasteiger partial charge >= 0.3 is 0 Å². The van der Waals surface area contributed by atoms with Gasteiger partial charge in [-0.05, 0) is 35.0 Å². The lowest BCUT2D eigenvalue weighted by Gasteiger charge is -2.10. The quantitative estimate of drug-likeness (QED) is 0.645. The van der Waals surface area contributed by atoms with Crippen LogP contribution in [0.3, 0.4) is 0 Å². The molecule has 0 amide bonds. The highest BCUT2D eigenvalue weighted by Crippen LogP contribution is 2.26. The van der Waals surface area contributed by atoms with Crippen LogP contribution in [-0.4, -0.2) is 24.7 Å². The summed E-state index contributed by atoms with van der Waals surface area (Å²) in [6.45, 7) is 7.80. The molecule has 0 atom stereocenters. The van der Waals surface area contributed by atoms with Crippen molar-refractivity contribution in [2.24, 2.45) is 0 Å². The van der Waals surface area contributed by atoms with Crippen molar-refractivity contribution in [2.45, 2.75) is 6.92 Å². The van der Waals surface area contributed by atoms with Crippen molar-refractivity contribution in [3.63, 3.8) is 0 Å². The second kappa shape index (κ2) is 6.68. The Morgan fingerprint density at radius 3 is 3.05 bits per heavy atom. The molecule has 2 aromatic rings. The smallest absolute Gasteiger partial charge is 0.0864 e. The van der Waals surface area contributed by atoms with Gasteiger partial charge in [0.1, 0.15) is 0 Å². The Kier molecular flexibility index (Phi) is 4.93. The van der Waals surface area contributed by atoms with E-state index in [1.54, 1.807) is 0 Å². The highest BCUT2D eigenvalue weighted by atomic mass is 79.9. The summed E-state index contributed by atoms with van der Waals surface area (Å²) in [5, 5.41) is 4.48. The Morgan fingerprint density at radius 2 is 2.26 bits per heavy atom. The van der Waals surface area contributed by atoms with Crippen LogP contribution in [0.15, 0.2) is 47.1 Å². The van der Waals surface area contributed by atoms with Crippen LogP contribution < -0.4 is 5.32 Å². The van der Waals surface area contributed by atoms with Crippen molar-refractivity contribution in [1.82, 2.24) is 4.98 Å². The Labute approximate surface area is 121 Å². The predicted octanol–water partition coefficient (Wildman–Crippen LogP) is 4.00. The lowest BCUT2D eigenvalue weighted by molar-refractivity contribution is 0.167. The van der Waals surface area contributed by atoms with Gasteiger partial charge in [-0.1, -0.05) is 24.3 Å². The van der Waals surface area contributed by atoms with Crippen molar-refractivity contribution in [2.75, 3.05) is 25.1 Å². The number of anilines is 1. The van der Waals surface area contributed by atoms with Gasteiger partial charge in [0, 0.05) is 28.3 Å². The SMILES string of the molecule is C=C(C)COCCNc1ccnc2c(Br)cccc12. The average molecular weight is 321 g/mol. The number of aromatic nitrogens is 1. The first-order chi connectivity index (χ1) is 9.18. The molecule has 0 aliphatic carbocycles. The van der Waals surface area contributed by atoms with Crippen molar-refractivity contribution in [3.8, 4) is 0 Å². The van der Waals surface area contributed by atoms with Crippen molar-refractivity contribution < 1.29 is 4.74 Å². The maximum atomic E-state index is 5.47. The fraction of sp³-hybridized carbons (Fsp3) is 0.267. The first kappa shape index (κ1) is 14.0. The van der Waals surface area contributed by atoms with E-state index in [-0.39, 0.29) is 0 Å². The highest BCUT2D eigenvalue weighted by molar-refractivity contribution is 9.10. The Bertz CT molecular complexity index is 583. The summed E-state index contributed by atoms with van der Waals surface area (Å²) in [6, 6.07) is 8.05. The molecule has 1 aromatic carbocycles. The molecule has 19 heavy (non-hydrogen) atoms. The zero-order chi connectivity index (χ0) is 13.7. The number of nitrogens with zero attached hydrogens (tertiary/aromatic N) is 1. The number of fused-ring (bicyclic) bond motifs is 1. The van der Waals surface area contributed by atoms with Crippen LogP contribution >= 0.6 is 15.9 Å². The summed E-state index contributed by atoms with van der Waals surface area (Å²) in [5.74, 6) is 0. The average Bonchev–Trinajstić information content (AvgIpc) is 2.39. The normalized spacial score (nSPS) is 10.6. The molecule has 0 saturated heterocycles. The number of hydrogen-bond acceptors (Lipinski definition) is 3. The van der Waals surface area contributed by atoms with Gasteiger partial charge in [0.2, 0.25) is 0 Å². The summed E-state index contributed by atoms with van der Waals surface area (Å²) >= 11 is 3.52. The number of benzene rings is 1. The lowest BCUT2D eigenvalue weighted by Crippen LogP contribution is -2.10. The number of para-hydroxylation sites is 1. The molecule has 0 aliphatic rings. The fourth-order valence-electron chi connectivity index (χ4n) is 1.80. The standard InChI is InChI=1S/C15H17BrN2O/c1-11(2)10-19-9-8-17-14-6-7-18-15-12(14)4-3-5-13(15)16/h3-7H,1,8-10H2,2H3,(H,17,18). The molecule has 2 rings (SSSR count). The van der Waals surface area contributed by atoms with Gasteiger partial charge in [-0.3, -0.25) is 4.98 Å². The third kappa shape index (κ3) is 3.78. The molecule has 0 saturated carbocycles. The monoisotopic (exact) mass is 320 g/mol. The van der Waals surface area contributed by atoms with Crippen LogP contribution in [0.4, 0.5) is 5.69 Å². The van der Waals surface area contributed by atoms with Crippen molar-refractivity contribution in [3.05, 3.63) is 47.1 Å². The first-order valence-electron chi connectivity index (χ1n) is 6.17. The topological polar surface area (TPSA) is 34.1 Å². The van der Waals surface area contributed by atoms with Crippen LogP contribution in [0, 0.1) is 0 Å². The van der Waals surface area contributed by atoms with E-state index in [1.807, 2.05) is 31.3 Å². The zero-order valence-electron chi connectivity index (χ0n) is 10.9. The molecule has 3 nitrogen and oxygen atoms in total. The van der Waals surface area contributed by atoms with E-state index in [0.717, 1.165) is 33.2 Å². The molecule has 1 N–H and O–H groups in total. The van der Waals surface area contributed by atoms with E-state index in [1.165, 1.54) is 0 Å². The number of halogens is 1. The number of pyridine rings is 1. The minimum atomic E-state index is 0.615. The van der Waals surface area contributed by atoms with Gasteiger partial charge in [0.15, 0.2) is 0 Å². The molecule has 0 unspecified atom stereocenters. The molecule has 0 radical (unpaired) electrons.